The molecule has 5 amide bonds. The van der Waals surface area contributed by atoms with Gasteiger partial charge in [0, 0.05) is 135 Å². The lowest BCUT2D eigenvalue weighted by atomic mass is 9.90. The fourth-order valence-electron chi connectivity index (χ4n) is 12.2. The summed E-state index contributed by atoms with van der Waals surface area (Å²) in [5, 5.41) is 28.1. The fraction of sp³-hybridized carbons (Fsp3) is 0.371. The molecule has 3 aliphatic carbocycles. The van der Waals surface area contributed by atoms with E-state index in [0.717, 1.165) is 119 Å². The van der Waals surface area contributed by atoms with Crippen molar-refractivity contribution in [3.05, 3.63) is 148 Å². The van der Waals surface area contributed by atoms with Gasteiger partial charge >= 0.3 is 12.1 Å². The number of carboxylic acid groups (broad SMARTS) is 1. The van der Waals surface area contributed by atoms with Gasteiger partial charge in [-0.25, -0.2) is 20.6 Å². The molecule has 3 saturated carbocycles. The van der Waals surface area contributed by atoms with Crippen LogP contribution in [0.15, 0.2) is 108 Å². The second-order valence-corrected chi connectivity index (χ2v) is 23.5. The second-order valence-electron chi connectivity index (χ2n) is 23.5. The number of nitrogens with one attached hydrogen (secondary N) is 8. The number of carbonyl (C=O) groups excluding carboxylic acids is 5. The summed E-state index contributed by atoms with van der Waals surface area (Å²) in [5.74, 6) is -0.556. The number of amides is 5. The van der Waals surface area contributed by atoms with Gasteiger partial charge in [0.2, 0.25) is 11.8 Å². The number of rotatable bonds is 10. The number of benzene rings is 2. The fourth-order valence-corrected chi connectivity index (χ4v) is 12.2. The highest BCUT2D eigenvalue weighted by Crippen LogP contribution is 2.50. The highest BCUT2D eigenvalue weighted by atomic mass is 35.5. The quantitative estimate of drug-likeness (QED) is 0.0851. The first kappa shape index (κ1) is 59.6. The van der Waals surface area contributed by atoms with Crippen LogP contribution in [0.3, 0.4) is 0 Å². The molecule has 4 aliphatic heterocycles. The number of halogens is 2. The molecule has 85 heavy (non-hydrogen) atoms. The smallest absolute Gasteiger partial charge is 0.410 e. The van der Waals surface area contributed by atoms with Crippen molar-refractivity contribution in [1.29, 1.82) is 0 Å². The number of hydrazone groups is 2. The van der Waals surface area contributed by atoms with E-state index in [1.807, 2.05) is 87.9 Å². The van der Waals surface area contributed by atoms with Gasteiger partial charge in [0.05, 0.1) is 29.5 Å². The minimum absolute atomic E-state index is 0. The van der Waals surface area contributed by atoms with Crippen molar-refractivity contribution in [2.45, 2.75) is 101 Å². The second kappa shape index (κ2) is 25.0. The number of piperidine rings is 2. The minimum Gasteiger partial charge on any atom is -1.00 e. The minimum atomic E-state index is -0.691. The summed E-state index contributed by atoms with van der Waals surface area (Å²) in [6.07, 6.45) is 19.9. The van der Waals surface area contributed by atoms with E-state index in [-0.39, 0.29) is 96.0 Å². The average Bonchev–Trinajstić information content (AvgIpc) is 2.11. The van der Waals surface area contributed by atoms with Gasteiger partial charge in [0.25, 0.3) is 11.8 Å². The van der Waals surface area contributed by atoms with Crippen LogP contribution < -0.4 is 44.2 Å². The van der Waals surface area contributed by atoms with Gasteiger partial charge in [-0.05, 0) is 144 Å². The summed E-state index contributed by atoms with van der Waals surface area (Å²) in [7, 11) is 0. The van der Waals surface area contributed by atoms with E-state index in [1.165, 1.54) is 0 Å². The Morgan fingerprint density at radius 1 is 0.671 bits per heavy atom. The number of aliphatic carboxylic acids is 1. The van der Waals surface area contributed by atoms with E-state index in [1.54, 1.807) is 48.1 Å². The first-order chi connectivity index (χ1) is 40.2. The predicted octanol–water partition coefficient (Wildman–Crippen LogP) is 5.46. The van der Waals surface area contributed by atoms with Gasteiger partial charge in [0.1, 0.15) is 5.60 Å². The van der Waals surface area contributed by atoms with Crippen molar-refractivity contribution in [2.24, 2.45) is 28.0 Å². The molecule has 5 fully saturated rings. The third-order valence-corrected chi connectivity index (χ3v) is 16.7. The number of H-pyrrole nitrogens is 3. The average molecular weight is 1190 g/mol. The van der Waals surface area contributed by atoms with Crippen LogP contribution in [0.4, 0.5) is 16.2 Å². The largest absolute Gasteiger partial charge is 1.00 e. The van der Waals surface area contributed by atoms with E-state index >= 15 is 0 Å². The van der Waals surface area contributed by atoms with Crippen LogP contribution in [0.5, 0.6) is 0 Å². The summed E-state index contributed by atoms with van der Waals surface area (Å²) in [4.78, 5) is 94.7. The van der Waals surface area contributed by atoms with E-state index < -0.39 is 11.6 Å². The Morgan fingerprint density at radius 2 is 1.15 bits per heavy atom. The molecule has 2 aromatic carbocycles. The van der Waals surface area contributed by atoms with Crippen molar-refractivity contribution >= 4 is 93.7 Å². The Labute approximate surface area is 502 Å². The topological polar surface area (TPSA) is 291 Å². The number of anilines is 2. The lowest BCUT2D eigenvalue weighted by molar-refractivity contribution is -0.378. The summed E-state index contributed by atoms with van der Waals surface area (Å²) in [5.41, 5.74) is 15.7. The Hall–Kier alpha value is -8.53. The van der Waals surface area contributed by atoms with E-state index in [0.29, 0.717) is 41.5 Å². The zero-order valence-corrected chi connectivity index (χ0v) is 48.7. The molecule has 7 aliphatic rings. The molecule has 5 aromatic heterocycles. The van der Waals surface area contributed by atoms with Crippen molar-refractivity contribution in [3.63, 3.8) is 0 Å². The molecular weight excluding hydrogens is 1130 g/mol. The van der Waals surface area contributed by atoms with Crippen LogP contribution in [-0.4, -0.2) is 110 Å². The van der Waals surface area contributed by atoms with Crippen LogP contribution in [0, 0.1) is 17.8 Å². The van der Waals surface area contributed by atoms with Gasteiger partial charge in [-0.3, -0.25) is 33.9 Å². The van der Waals surface area contributed by atoms with E-state index in [4.69, 9.17) is 9.84 Å². The molecule has 2 saturated heterocycles. The van der Waals surface area contributed by atoms with Crippen LogP contribution in [0.25, 0.3) is 21.8 Å². The molecule has 6 atom stereocenters. The zero-order valence-electron chi connectivity index (χ0n) is 47.1. The molecule has 7 aromatic rings. The summed E-state index contributed by atoms with van der Waals surface area (Å²) in [6, 6.07) is 18.9. The molecule has 21 nitrogen and oxygen atoms in total. The van der Waals surface area contributed by atoms with Crippen molar-refractivity contribution in [3.8, 4) is 0 Å². The first-order valence-electron chi connectivity index (χ1n) is 28.5. The summed E-state index contributed by atoms with van der Waals surface area (Å²) in [6.45, 7) is 8.70. The maximum Gasteiger partial charge on any atom is 0.410 e. The first-order valence-corrected chi connectivity index (χ1v) is 28.5. The number of ether oxygens (including phenoxy) is 1. The number of aromatic nitrogens is 5. The van der Waals surface area contributed by atoms with Crippen LogP contribution >= 0.6 is 12.4 Å². The third kappa shape index (κ3) is 13.1. The molecule has 23 heteroatoms. The number of carboxylic acids is 1. The SMILES string of the molecule is CC(C)(C)OC(=O)N1CCC(c2[nH]c3cc(NC(=O)C4CC4c4cccnc4)cc4c3c2C=NNC4=O)CC1.Cl.O=C(O)C1CC1c1cccnc1.O=C1NN=Cc2c(C3CCNCC3)[nH]c3cc(NC(=O)C4CC4c4ccc[nH+]c4)cc1c23.[Cl-]. The van der Waals surface area contributed by atoms with Crippen LogP contribution in [0.1, 0.15) is 155 Å². The monoisotopic (exact) mass is 1190 g/mol. The highest BCUT2D eigenvalue weighted by Gasteiger charge is 2.46. The maximum absolute atomic E-state index is 13.0. The van der Waals surface area contributed by atoms with Gasteiger partial charge < -0.3 is 53.1 Å². The van der Waals surface area contributed by atoms with Crippen molar-refractivity contribution in [2.75, 3.05) is 36.8 Å². The standard InChI is InChI=1S/C29H32N6O4.C24H24N6O2.C9H9NO2.2ClH/c1-29(2,3)39-28(38)35-9-6-16(7-10-35)25-22-15-31-34-27(37)21-11-18(12-23(33-25)24(21)22)32-26(36)20-13-19(20)17-5-4-8-30-14-17;31-23(17-10-16(17)14-2-1-5-26-11-14)28-15-8-18-21-19(12-27-30-24(18)32)22(29-20(21)9-15)13-3-6-25-7-4-13;11-9(12)8-4-7(8)6-2-1-3-10-5-6;;/h4-5,8,11-12,14-16,19-20,33H,6-7,9-10,13H2,1-3H3,(H,32,36)(H,34,37);1-2,5,8-9,11-13,16-17,25,29H,3-4,6-7,10H2,(H,28,31)(H,30,32);1-3,5,7-8H,4H2,(H,11,12);2*1H. The molecule has 9 heterocycles. The summed E-state index contributed by atoms with van der Waals surface area (Å²) < 4.78 is 5.54. The molecule has 6 unspecified atom stereocenters. The molecular formula is C62H67Cl2N13O8. The predicted molar refractivity (Wildman–Crippen MR) is 318 cm³/mol. The molecule has 0 radical (unpaired) electrons. The number of aromatic amines is 3. The number of hydrogen-bond donors (Lipinski definition) is 8. The number of carbonyl (C=O) groups is 6. The number of likely N-dealkylation sites (tertiary alicyclic amines) is 1. The van der Waals surface area contributed by atoms with Gasteiger partial charge in [-0.2, -0.15) is 10.2 Å². The van der Waals surface area contributed by atoms with Gasteiger partial charge in [-0.1, -0.05) is 12.1 Å². The summed E-state index contributed by atoms with van der Waals surface area (Å²) >= 11 is 0. The molecule has 0 bridgehead atoms. The Morgan fingerprint density at radius 3 is 1.61 bits per heavy atom. The third-order valence-electron chi connectivity index (χ3n) is 16.7. The van der Waals surface area contributed by atoms with Gasteiger partial charge in [-0.15, -0.1) is 12.4 Å². The Balaban J connectivity index is 0.000000157. The highest BCUT2D eigenvalue weighted by molar-refractivity contribution is 6.17. The molecule has 14 rings (SSSR count). The Kier molecular flexibility index (Phi) is 17.5. The number of pyridine rings is 3. The normalized spacial score (nSPS) is 21.8. The molecule has 9 N–H and O–H groups in total. The lowest BCUT2D eigenvalue weighted by Crippen LogP contribution is -3.00. The number of nitrogens with zero attached hydrogens (tertiary/aromatic N) is 5. The van der Waals surface area contributed by atoms with Crippen LogP contribution in [-0.2, 0) is 19.1 Å². The molecule has 0 spiro atoms. The van der Waals surface area contributed by atoms with E-state index in [2.05, 4.69) is 61.9 Å². The maximum atomic E-state index is 13.0. The number of hydrogen-bond acceptors (Lipinski definition) is 12. The molecule has 442 valence electrons. The zero-order chi connectivity index (χ0) is 57.5. The van der Waals surface area contributed by atoms with Gasteiger partial charge in [0.15, 0.2) is 12.4 Å². The van der Waals surface area contributed by atoms with Crippen molar-refractivity contribution < 1.29 is 56.0 Å². The van der Waals surface area contributed by atoms with Crippen molar-refractivity contribution in [1.82, 2.24) is 41.0 Å². The lowest BCUT2D eigenvalue weighted by Gasteiger charge is -2.33. The van der Waals surface area contributed by atoms with Crippen LogP contribution in [0.2, 0.25) is 0 Å². The van der Waals surface area contributed by atoms with E-state index in [9.17, 15) is 28.8 Å². The Bertz CT molecular complexity index is 3730.